The molecule has 5 nitrogen and oxygen atoms in total. The molecule has 0 saturated heterocycles. The van der Waals surface area contributed by atoms with Crippen LogP contribution in [-0.2, 0) is 0 Å². The molecule has 80 valence electrons. The number of nitro groups is 1. The minimum Gasteiger partial charge on any atom is -0.486 e. The van der Waals surface area contributed by atoms with Crippen LogP contribution in [0.15, 0.2) is 18.2 Å². The first kappa shape index (κ1) is 10.2. The van der Waals surface area contributed by atoms with Crippen LogP contribution in [0, 0.1) is 10.1 Å². The molecule has 1 atom stereocenters. The molecule has 0 spiro atoms. The van der Waals surface area contributed by atoms with Crippen molar-refractivity contribution in [3.8, 4) is 11.5 Å². The number of rotatable bonds is 2. The second-order valence-electron chi connectivity index (χ2n) is 3.09. The quantitative estimate of drug-likeness (QED) is 0.471. The van der Waals surface area contributed by atoms with E-state index in [1.165, 1.54) is 12.1 Å². The first-order valence-corrected chi connectivity index (χ1v) is 5.46. The molecule has 1 aromatic rings. The predicted octanol–water partition coefficient (Wildman–Crippen LogP) is 2.13. The fraction of sp³-hybridized carbons (Fsp3) is 0.333. The lowest BCUT2D eigenvalue weighted by Gasteiger charge is -2.24. The molecule has 0 aromatic heterocycles. The van der Waals surface area contributed by atoms with Gasteiger partial charge in [0.25, 0.3) is 5.69 Å². The number of halogens is 1. The zero-order valence-electron chi connectivity index (χ0n) is 7.68. The molecular weight excluding hydrogens is 266 g/mol. The van der Waals surface area contributed by atoms with Gasteiger partial charge in [0.1, 0.15) is 12.7 Å². The van der Waals surface area contributed by atoms with Gasteiger partial charge in [-0.2, -0.15) is 0 Å². The lowest BCUT2D eigenvalue weighted by molar-refractivity contribution is -0.385. The highest BCUT2D eigenvalue weighted by Gasteiger charge is 2.22. The summed E-state index contributed by atoms with van der Waals surface area (Å²) in [7, 11) is 0. The van der Waals surface area contributed by atoms with Crippen LogP contribution in [0.25, 0.3) is 0 Å². The number of nitro benzene ring substituents is 1. The van der Waals surface area contributed by atoms with Crippen molar-refractivity contribution in [1.29, 1.82) is 0 Å². The van der Waals surface area contributed by atoms with Gasteiger partial charge in [-0.1, -0.05) is 15.9 Å². The van der Waals surface area contributed by atoms with Crippen molar-refractivity contribution in [1.82, 2.24) is 0 Å². The normalized spacial score (nSPS) is 18.6. The molecule has 0 aliphatic carbocycles. The Balaban J connectivity index is 2.28. The number of ether oxygens (including phenoxy) is 2. The second-order valence-corrected chi connectivity index (χ2v) is 3.74. The Bertz CT molecular complexity index is 396. The van der Waals surface area contributed by atoms with Crippen molar-refractivity contribution >= 4 is 21.6 Å². The van der Waals surface area contributed by atoms with Crippen LogP contribution in [0.1, 0.15) is 0 Å². The summed E-state index contributed by atoms with van der Waals surface area (Å²) in [6.45, 7) is 0.402. The SMILES string of the molecule is O=[N+]([O-])c1ccc2c(c1)OC[C@H](CBr)O2. The van der Waals surface area contributed by atoms with Crippen LogP contribution >= 0.6 is 15.9 Å². The largest absolute Gasteiger partial charge is 0.486 e. The Morgan fingerprint density at radius 1 is 1.53 bits per heavy atom. The van der Waals surface area contributed by atoms with Gasteiger partial charge in [0.05, 0.1) is 11.0 Å². The molecule has 0 saturated carbocycles. The van der Waals surface area contributed by atoms with Crippen LogP contribution in [0.3, 0.4) is 0 Å². The van der Waals surface area contributed by atoms with E-state index in [9.17, 15) is 10.1 Å². The molecule has 6 heteroatoms. The maximum absolute atomic E-state index is 10.5. The summed E-state index contributed by atoms with van der Waals surface area (Å²) >= 11 is 3.29. The van der Waals surface area contributed by atoms with Crippen LogP contribution in [-0.4, -0.2) is 23.0 Å². The monoisotopic (exact) mass is 273 g/mol. The summed E-state index contributed by atoms with van der Waals surface area (Å²) in [5.41, 5.74) is 0.00893. The Morgan fingerprint density at radius 2 is 2.33 bits per heavy atom. The van der Waals surface area contributed by atoms with E-state index in [2.05, 4.69) is 15.9 Å². The second kappa shape index (κ2) is 4.06. The van der Waals surface area contributed by atoms with E-state index in [1.807, 2.05) is 0 Å². The molecule has 0 unspecified atom stereocenters. The van der Waals surface area contributed by atoms with E-state index in [-0.39, 0.29) is 11.8 Å². The third-order valence-electron chi connectivity index (χ3n) is 2.03. The van der Waals surface area contributed by atoms with Crippen molar-refractivity contribution in [3.05, 3.63) is 28.3 Å². The molecule has 1 aliphatic heterocycles. The summed E-state index contributed by atoms with van der Waals surface area (Å²) in [6, 6.07) is 4.33. The fourth-order valence-corrected chi connectivity index (χ4v) is 1.61. The van der Waals surface area contributed by atoms with E-state index < -0.39 is 4.92 Å². The molecule has 0 amide bonds. The highest BCUT2D eigenvalue weighted by Crippen LogP contribution is 2.34. The number of nitrogens with zero attached hydrogens (tertiary/aromatic N) is 1. The Morgan fingerprint density at radius 3 is 3.00 bits per heavy atom. The van der Waals surface area contributed by atoms with E-state index in [0.29, 0.717) is 23.4 Å². The maximum atomic E-state index is 10.5. The van der Waals surface area contributed by atoms with E-state index in [4.69, 9.17) is 9.47 Å². The molecule has 0 radical (unpaired) electrons. The predicted molar refractivity (Wildman–Crippen MR) is 56.8 cm³/mol. The molecule has 1 heterocycles. The zero-order chi connectivity index (χ0) is 10.8. The first-order chi connectivity index (χ1) is 7.20. The smallest absolute Gasteiger partial charge is 0.273 e. The summed E-state index contributed by atoms with van der Waals surface area (Å²) in [4.78, 5) is 10.1. The highest BCUT2D eigenvalue weighted by atomic mass is 79.9. The van der Waals surface area contributed by atoms with Crippen LogP contribution in [0.4, 0.5) is 5.69 Å². The Hall–Kier alpha value is -1.30. The van der Waals surface area contributed by atoms with Gasteiger partial charge in [-0.15, -0.1) is 0 Å². The molecule has 0 bridgehead atoms. The standard InChI is InChI=1S/C9H8BrNO4/c10-4-7-5-14-9-3-6(11(12)13)1-2-8(9)15-7/h1-3,7H,4-5H2/t7-/m0/s1. The minimum atomic E-state index is -0.458. The van der Waals surface area contributed by atoms with Gasteiger partial charge < -0.3 is 9.47 Å². The lowest BCUT2D eigenvalue weighted by atomic mass is 10.2. The Labute approximate surface area is 94.3 Å². The summed E-state index contributed by atoms with van der Waals surface area (Å²) in [6.07, 6.45) is -0.0426. The number of fused-ring (bicyclic) bond motifs is 1. The molecule has 2 rings (SSSR count). The van der Waals surface area contributed by atoms with Gasteiger partial charge in [-0.3, -0.25) is 10.1 Å². The molecular formula is C9H8BrNO4. The van der Waals surface area contributed by atoms with Crippen molar-refractivity contribution in [3.63, 3.8) is 0 Å². The summed E-state index contributed by atoms with van der Waals surface area (Å²) < 4.78 is 10.9. The van der Waals surface area contributed by atoms with E-state index >= 15 is 0 Å². The van der Waals surface area contributed by atoms with Gasteiger partial charge in [0.15, 0.2) is 11.5 Å². The average Bonchev–Trinajstić information content (AvgIpc) is 2.27. The maximum Gasteiger partial charge on any atom is 0.273 e. The lowest BCUT2D eigenvalue weighted by Crippen LogP contribution is -2.30. The Kier molecular flexibility index (Phi) is 2.77. The molecule has 1 aromatic carbocycles. The third kappa shape index (κ3) is 2.04. The molecule has 15 heavy (non-hydrogen) atoms. The third-order valence-corrected chi connectivity index (χ3v) is 2.75. The van der Waals surface area contributed by atoms with Crippen LogP contribution in [0.2, 0.25) is 0 Å². The van der Waals surface area contributed by atoms with Gasteiger partial charge in [0.2, 0.25) is 0 Å². The van der Waals surface area contributed by atoms with E-state index in [1.54, 1.807) is 6.07 Å². The number of alkyl halides is 1. The molecule has 0 N–H and O–H groups in total. The number of hydrogen-bond acceptors (Lipinski definition) is 4. The minimum absolute atomic E-state index is 0.00893. The van der Waals surface area contributed by atoms with Crippen LogP contribution in [0.5, 0.6) is 11.5 Å². The van der Waals surface area contributed by atoms with Crippen molar-refractivity contribution in [2.75, 3.05) is 11.9 Å². The van der Waals surface area contributed by atoms with Gasteiger partial charge in [-0.05, 0) is 6.07 Å². The topological polar surface area (TPSA) is 61.6 Å². The average molecular weight is 274 g/mol. The molecule has 0 fully saturated rings. The fourth-order valence-electron chi connectivity index (χ4n) is 1.29. The number of non-ortho nitro benzene ring substituents is 1. The number of hydrogen-bond donors (Lipinski definition) is 0. The highest BCUT2D eigenvalue weighted by molar-refractivity contribution is 9.09. The summed E-state index contributed by atoms with van der Waals surface area (Å²) in [5.74, 6) is 0.984. The van der Waals surface area contributed by atoms with Crippen molar-refractivity contribution in [2.45, 2.75) is 6.10 Å². The first-order valence-electron chi connectivity index (χ1n) is 4.34. The van der Waals surface area contributed by atoms with Gasteiger partial charge in [-0.25, -0.2) is 0 Å². The molecule has 1 aliphatic rings. The number of benzene rings is 1. The van der Waals surface area contributed by atoms with Crippen LogP contribution < -0.4 is 9.47 Å². The summed E-state index contributed by atoms with van der Waals surface area (Å²) in [5, 5.41) is 11.2. The zero-order valence-corrected chi connectivity index (χ0v) is 9.27. The van der Waals surface area contributed by atoms with Crippen molar-refractivity contribution < 1.29 is 14.4 Å². The van der Waals surface area contributed by atoms with Gasteiger partial charge in [0, 0.05) is 11.4 Å². The van der Waals surface area contributed by atoms with Gasteiger partial charge >= 0.3 is 0 Å². The van der Waals surface area contributed by atoms with Crippen molar-refractivity contribution in [2.24, 2.45) is 0 Å². The van der Waals surface area contributed by atoms with E-state index in [0.717, 1.165) is 0 Å².